The molecule has 1 aromatic carbocycles. The lowest BCUT2D eigenvalue weighted by Gasteiger charge is -2.12. The summed E-state index contributed by atoms with van der Waals surface area (Å²) in [5, 5.41) is 3.53. The Morgan fingerprint density at radius 3 is 2.93 bits per heavy atom. The van der Waals surface area contributed by atoms with Gasteiger partial charge in [0.2, 0.25) is 0 Å². The Balaban J connectivity index is 2.38. The van der Waals surface area contributed by atoms with Crippen molar-refractivity contribution in [2.24, 2.45) is 0 Å². The summed E-state index contributed by atoms with van der Waals surface area (Å²) in [7, 11) is 0. The summed E-state index contributed by atoms with van der Waals surface area (Å²) in [6.07, 6.45) is 0. The summed E-state index contributed by atoms with van der Waals surface area (Å²) < 4.78 is 0. The number of hydrogen-bond donors (Lipinski definition) is 1. The minimum atomic E-state index is 0.568. The molecule has 1 heterocycles. The van der Waals surface area contributed by atoms with Gasteiger partial charge in [0.1, 0.15) is 0 Å². The summed E-state index contributed by atoms with van der Waals surface area (Å²) in [4.78, 5) is 1.50. The van der Waals surface area contributed by atoms with Crippen LogP contribution in [0.3, 0.4) is 0 Å². The van der Waals surface area contributed by atoms with Crippen molar-refractivity contribution in [1.29, 1.82) is 0 Å². The molecule has 1 N–H and O–H groups in total. The molecule has 1 unspecified atom stereocenters. The first kappa shape index (κ1) is 10.1. The molecule has 76 valence electrons. The van der Waals surface area contributed by atoms with Crippen molar-refractivity contribution < 1.29 is 0 Å². The monoisotopic (exact) mass is 207 g/mol. The van der Waals surface area contributed by atoms with E-state index in [4.69, 9.17) is 0 Å². The zero-order chi connectivity index (χ0) is 10.1. The number of hydrogen-bond acceptors (Lipinski definition) is 2. The van der Waals surface area contributed by atoms with Crippen LogP contribution in [0.1, 0.15) is 29.7 Å². The van der Waals surface area contributed by atoms with Gasteiger partial charge in [-0.3, -0.25) is 0 Å². The summed E-state index contributed by atoms with van der Waals surface area (Å²) in [5.41, 5.74) is 4.33. The zero-order valence-electron chi connectivity index (χ0n) is 9.05. The van der Waals surface area contributed by atoms with E-state index in [2.05, 4.69) is 38.2 Å². The van der Waals surface area contributed by atoms with E-state index in [1.807, 2.05) is 11.8 Å². The average Bonchev–Trinajstić information content (AvgIpc) is 2.49. The highest BCUT2D eigenvalue weighted by Gasteiger charge is 2.23. The molecule has 0 bridgehead atoms. The van der Waals surface area contributed by atoms with E-state index in [0.717, 1.165) is 6.54 Å². The van der Waals surface area contributed by atoms with Gasteiger partial charge < -0.3 is 5.32 Å². The van der Waals surface area contributed by atoms with Crippen molar-refractivity contribution in [3.05, 3.63) is 28.8 Å². The number of thioether (sulfide) groups is 1. The van der Waals surface area contributed by atoms with Crippen molar-refractivity contribution in [2.75, 3.05) is 12.3 Å². The van der Waals surface area contributed by atoms with Crippen LogP contribution in [0.25, 0.3) is 0 Å². The largest absolute Gasteiger partial charge is 0.309 e. The van der Waals surface area contributed by atoms with E-state index in [-0.39, 0.29) is 0 Å². The standard InChI is InChI=1S/C12H17NS/c1-4-13-11-7-14-12-9(3)5-8(2)6-10(11)12/h5-6,11,13H,4,7H2,1-3H3. The van der Waals surface area contributed by atoms with E-state index >= 15 is 0 Å². The smallest absolute Gasteiger partial charge is 0.0426 e. The quantitative estimate of drug-likeness (QED) is 0.800. The molecule has 0 amide bonds. The van der Waals surface area contributed by atoms with Gasteiger partial charge in [-0.15, -0.1) is 11.8 Å². The van der Waals surface area contributed by atoms with Gasteiger partial charge in [-0.2, -0.15) is 0 Å². The third-order valence-electron chi connectivity index (χ3n) is 2.67. The van der Waals surface area contributed by atoms with Crippen LogP contribution in [-0.4, -0.2) is 12.3 Å². The second-order valence-electron chi connectivity index (χ2n) is 3.92. The van der Waals surface area contributed by atoms with Crippen molar-refractivity contribution in [3.63, 3.8) is 0 Å². The molecule has 0 saturated carbocycles. The van der Waals surface area contributed by atoms with Crippen LogP contribution in [0.2, 0.25) is 0 Å². The molecule has 2 rings (SSSR count). The van der Waals surface area contributed by atoms with Crippen molar-refractivity contribution in [3.8, 4) is 0 Å². The van der Waals surface area contributed by atoms with E-state index in [0.29, 0.717) is 6.04 Å². The minimum absolute atomic E-state index is 0.568. The highest BCUT2D eigenvalue weighted by Crippen LogP contribution is 2.40. The number of nitrogens with one attached hydrogen (secondary N) is 1. The first-order chi connectivity index (χ1) is 6.72. The number of aryl methyl sites for hydroxylation is 2. The van der Waals surface area contributed by atoms with E-state index in [9.17, 15) is 0 Å². The molecular formula is C12H17NS. The Labute approximate surface area is 90.3 Å². The normalized spacial score (nSPS) is 19.8. The molecule has 0 aromatic heterocycles. The van der Waals surface area contributed by atoms with Crippen LogP contribution >= 0.6 is 11.8 Å². The summed E-state index contributed by atoms with van der Waals surface area (Å²) >= 11 is 1.99. The predicted octanol–water partition coefficient (Wildman–Crippen LogP) is 3.06. The second kappa shape index (κ2) is 3.95. The molecule has 0 aliphatic carbocycles. The fourth-order valence-corrected chi connectivity index (χ4v) is 3.40. The summed E-state index contributed by atoms with van der Waals surface area (Å²) in [6.45, 7) is 7.62. The van der Waals surface area contributed by atoms with Gasteiger partial charge in [0.25, 0.3) is 0 Å². The molecule has 0 spiro atoms. The van der Waals surface area contributed by atoms with Crippen molar-refractivity contribution in [2.45, 2.75) is 31.7 Å². The Hall–Kier alpha value is -0.470. The maximum Gasteiger partial charge on any atom is 0.0426 e. The van der Waals surface area contributed by atoms with Crippen LogP contribution in [0.15, 0.2) is 17.0 Å². The van der Waals surface area contributed by atoms with E-state index < -0.39 is 0 Å². The van der Waals surface area contributed by atoms with Gasteiger partial charge in [0.05, 0.1) is 0 Å². The summed E-state index contributed by atoms with van der Waals surface area (Å²) in [5.74, 6) is 1.19. The summed E-state index contributed by atoms with van der Waals surface area (Å²) in [6, 6.07) is 5.18. The van der Waals surface area contributed by atoms with Gasteiger partial charge in [-0.25, -0.2) is 0 Å². The first-order valence-electron chi connectivity index (χ1n) is 5.19. The molecule has 1 atom stereocenters. The van der Waals surface area contributed by atoms with Gasteiger partial charge in [-0.05, 0) is 31.5 Å². The molecule has 0 radical (unpaired) electrons. The molecule has 0 saturated heterocycles. The van der Waals surface area contributed by atoms with E-state index in [1.54, 1.807) is 0 Å². The van der Waals surface area contributed by atoms with Crippen LogP contribution in [0, 0.1) is 13.8 Å². The minimum Gasteiger partial charge on any atom is -0.309 e. The first-order valence-corrected chi connectivity index (χ1v) is 6.18. The Morgan fingerprint density at radius 2 is 2.21 bits per heavy atom. The molecule has 14 heavy (non-hydrogen) atoms. The second-order valence-corrected chi connectivity index (χ2v) is 4.95. The van der Waals surface area contributed by atoms with Crippen molar-refractivity contribution >= 4 is 11.8 Å². The molecule has 1 nitrogen and oxygen atoms in total. The third-order valence-corrected chi connectivity index (χ3v) is 4.01. The number of fused-ring (bicyclic) bond motifs is 1. The van der Waals surface area contributed by atoms with Gasteiger partial charge in [0, 0.05) is 16.7 Å². The highest BCUT2D eigenvalue weighted by atomic mass is 32.2. The zero-order valence-corrected chi connectivity index (χ0v) is 9.87. The maximum atomic E-state index is 3.53. The molecule has 0 fully saturated rings. The topological polar surface area (TPSA) is 12.0 Å². The lowest BCUT2D eigenvalue weighted by molar-refractivity contribution is 0.607. The van der Waals surface area contributed by atoms with Gasteiger partial charge >= 0.3 is 0 Å². The third kappa shape index (κ3) is 1.69. The lowest BCUT2D eigenvalue weighted by Crippen LogP contribution is -2.20. The lowest BCUT2D eigenvalue weighted by atomic mass is 10.0. The van der Waals surface area contributed by atoms with Crippen LogP contribution in [-0.2, 0) is 0 Å². The van der Waals surface area contributed by atoms with Crippen LogP contribution in [0.4, 0.5) is 0 Å². The fraction of sp³-hybridized carbons (Fsp3) is 0.500. The molecule has 1 aliphatic heterocycles. The SMILES string of the molecule is CCNC1CSc2c(C)cc(C)cc21. The average molecular weight is 207 g/mol. The number of benzene rings is 1. The van der Waals surface area contributed by atoms with Crippen LogP contribution < -0.4 is 5.32 Å². The maximum absolute atomic E-state index is 3.53. The van der Waals surface area contributed by atoms with E-state index in [1.165, 1.54) is 27.3 Å². The van der Waals surface area contributed by atoms with Crippen LogP contribution in [0.5, 0.6) is 0 Å². The van der Waals surface area contributed by atoms with Gasteiger partial charge in [0.15, 0.2) is 0 Å². The predicted molar refractivity (Wildman–Crippen MR) is 63.1 cm³/mol. The van der Waals surface area contributed by atoms with Gasteiger partial charge in [-0.1, -0.05) is 24.6 Å². The molecule has 2 heteroatoms. The molecule has 1 aliphatic rings. The Morgan fingerprint density at radius 1 is 1.43 bits per heavy atom. The Bertz CT molecular complexity index is 346. The highest BCUT2D eigenvalue weighted by molar-refractivity contribution is 7.99. The van der Waals surface area contributed by atoms with Crippen molar-refractivity contribution in [1.82, 2.24) is 5.32 Å². The number of rotatable bonds is 2. The Kier molecular flexibility index (Phi) is 2.84. The molecule has 1 aromatic rings. The fourth-order valence-electron chi connectivity index (χ4n) is 2.11. The molecular weight excluding hydrogens is 190 g/mol.